The van der Waals surface area contributed by atoms with Gasteiger partial charge in [-0.1, -0.05) is 24.3 Å². The van der Waals surface area contributed by atoms with E-state index in [1.165, 1.54) is 17.3 Å². The highest BCUT2D eigenvalue weighted by Crippen LogP contribution is 2.27. The first-order chi connectivity index (χ1) is 9.08. The van der Waals surface area contributed by atoms with Crippen LogP contribution in [-0.4, -0.2) is 9.91 Å². The standard InChI is InChI=1S/C14H14N2O2S/c1-10-5-3-4-6-12(10)9-19-14-11(2)7-13(8-15-14)16(17)18/h3-8H,9H2,1-2H3. The van der Waals surface area contributed by atoms with Crippen LogP contribution in [0.2, 0.25) is 0 Å². The summed E-state index contributed by atoms with van der Waals surface area (Å²) in [4.78, 5) is 14.4. The van der Waals surface area contributed by atoms with Gasteiger partial charge in [-0.2, -0.15) is 0 Å². The van der Waals surface area contributed by atoms with Crippen molar-refractivity contribution in [1.29, 1.82) is 0 Å². The van der Waals surface area contributed by atoms with Gasteiger partial charge in [-0.25, -0.2) is 4.98 Å². The Morgan fingerprint density at radius 2 is 2.00 bits per heavy atom. The van der Waals surface area contributed by atoms with Gasteiger partial charge in [0.1, 0.15) is 6.20 Å². The highest BCUT2D eigenvalue weighted by molar-refractivity contribution is 7.98. The highest BCUT2D eigenvalue weighted by Gasteiger charge is 2.10. The molecule has 0 spiro atoms. The molecule has 1 heterocycles. The zero-order chi connectivity index (χ0) is 13.8. The summed E-state index contributed by atoms with van der Waals surface area (Å²) in [6, 6.07) is 9.75. The largest absolute Gasteiger partial charge is 0.287 e. The number of nitro groups is 1. The summed E-state index contributed by atoms with van der Waals surface area (Å²) in [6.45, 7) is 3.92. The monoisotopic (exact) mass is 274 g/mol. The van der Waals surface area contributed by atoms with Crippen LogP contribution in [0.3, 0.4) is 0 Å². The van der Waals surface area contributed by atoms with E-state index in [0.29, 0.717) is 0 Å². The number of nitrogens with zero attached hydrogens (tertiary/aromatic N) is 2. The van der Waals surface area contributed by atoms with Crippen molar-refractivity contribution in [3.8, 4) is 0 Å². The zero-order valence-electron chi connectivity index (χ0n) is 10.8. The maximum Gasteiger partial charge on any atom is 0.287 e. The molecule has 0 saturated heterocycles. The molecule has 5 heteroatoms. The Kier molecular flexibility index (Phi) is 4.16. The molecule has 19 heavy (non-hydrogen) atoms. The SMILES string of the molecule is Cc1ccccc1CSc1ncc([N+](=O)[O-])cc1C. The van der Waals surface area contributed by atoms with Crippen LogP contribution < -0.4 is 0 Å². The van der Waals surface area contributed by atoms with Gasteiger partial charge in [-0.15, -0.1) is 11.8 Å². The van der Waals surface area contributed by atoms with Crippen LogP contribution in [0.25, 0.3) is 0 Å². The molecule has 0 saturated carbocycles. The van der Waals surface area contributed by atoms with Gasteiger partial charge >= 0.3 is 0 Å². The first kappa shape index (κ1) is 13.5. The van der Waals surface area contributed by atoms with Crippen LogP contribution in [0.15, 0.2) is 41.6 Å². The van der Waals surface area contributed by atoms with E-state index in [2.05, 4.69) is 24.0 Å². The molecule has 0 fully saturated rings. The Labute approximate surface area is 116 Å². The summed E-state index contributed by atoms with van der Waals surface area (Å²) in [5.41, 5.74) is 3.38. The van der Waals surface area contributed by atoms with E-state index in [4.69, 9.17) is 0 Å². The molecule has 2 aromatic rings. The molecule has 0 aliphatic heterocycles. The van der Waals surface area contributed by atoms with Crippen LogP contribution in [0.1, 0.15) is 16.7 Å². The van der Waals surface area contributed by atoms with Gasteiger partial charge in [0.2, 0.25) is 0 Å². The molecule has 1 aromatic carbocycles. The zero-order valence-corrected chi connectivity index (χ0v) is 11.6. The molecule has 0 aliphatic carbocycles. The molecule has 0 unspecified atom stereocenters. The van der Waals surface area contributed by atoms with Crippen molar-refractivity contribution in [2.45, 2.75) is 24.6 Å². The van der Waals surface area contributed by atoms with Crippen molar-refractivity contribution in [2.75, 3.05) is 0 Å². The van der Waals surface area contributed by atoms with Crippen molar-refractivity contribution in [2.24, 2.45) is 0 Å². The molecule has 0 aliphatic rings. The molecule has 1 aromatic heterocycles. The molecule has 4 nitrogen and oxygen atoms in total. The number of thioether (sulfide) groups is 1. The van der Waals surface area contributed by atoms with Crippen LogP contribution in [-0.2, 0) is 5.75 Å². The minimum Gasteiger partial charge on any atom is -0.258 e. The van der Waals surface area contributed by atoms with E-state index < -0.39 is 4.92 Å². The lowest BCUT2D eigenvalue weighted by atomic mass is 10.1. The summed E-state index contributed by atoms with van der Waals surface area (Å²) in [6.07, 6.45) is 1.31. The fraction of sp³-hybridized carbons (Fsp3) is 0.214. The first-order valence-electron chi connectivity index (χ1n) is 5.86. The Morgan fingerprint density at radius 1 is 1.26 bits per heavy atom. The van der Waals surface area contributed by atoms with Crippen LogP contribution in [0, 0.1) is 24.0 Å². The van der Waals surface area contributed by atoms with Gasteiger partial charge in [0.05, 0.1) is 9.95 Å². The van der Waals surface area contributed by atoms with Crippen LogP contribution >= 0.6 is 11.8 Å². The molecule has 0 bridgehead atoms. The number of hydrogen-bond donors (Lipinski definition) is 0. The topological polar surface area (TPSA) is 56.0 Å². The number of pyridine rings is 1. The smallest absolute Gasteiger partial charge is 0.258 e. The van der Waals surface area contributed by atoms with Crippen molar-refractivity contribution in [1.82, 2.24) is 4.98 Å². The molecule has 0 N–H and O–H groups in total. The Hall–Kier alpha value is -1.88. The molecule has 2 rings (SSSR count). The third-order valence-corrected chi connectivity index (χ3v) is 4.01. The summed E-state index contributed by atoms with van der Waals surface area (Å²) >= 11 is 1.60. The first-order valence-corrected chi connectivity index (χ1v) is 6.85. The lowest BCUT2D eigenvalue weighted by Gasteiger charge is -2.06. The molecular formula is C14H14N2O2S. The van der Waals surface area contributed by atoms with E-state index in [1.807, 2.05) is 19.1 Å². The van der Waals surface area contributed by atoms with Crippen molar-refractivity contribution >= 4 is 17.4 Å². The number of benzene rings is 1. The van der Waals surface area contributed by atoms with Gasteiger partial charge in [0, 0.05) is 11.8 Å². The Morgan fingerprint density at radius 3 is 2.63 bits per heavy atom. The van der Waals surface area contributed by atoms with E-state index in [0.717, 1.165) is 16.3 Å². The van der Waals surface area contributed by atoms with Crippen molar-refractivity contribution in [3.05, 3.63) is 63.3 Å². The average Bonchev–Trinajstić information content (AvgIpc) is 2.39. The molecule has 98 valence electrons. The lowest BCUT2D eigenvalue weighted by molar-refractivity contribution is -0.385. The summed E-state index contributed by atoms with van der Waals surface area (Å²) in [5.74, 6) is 0.818. The van der Waals surface area contributed by atoms with E-state index in [-0.39, 0.29) is 5.69 Å². The average molecular weight is 274 g/mol. The summed E-state index contributed by atoms with van der Waals surface area (Å²) in [5, 5.41) is 11.5. The molecule has 0 radical (unpaired) electrons. The number of rotatable bonds is 4. The predicted octanol–water partition coefficient (Wildman–Crippen LogP) is 3.90. The molecule has 0 amide bonds. The van der Waals surface area contributed by atoms with Gasteiger partial charge < -0.3 is 0 Å². The second kappa shape index (κ2) is 5.84. The van der Waals surface area contributed by atoms with Gasteiger partial charge in [0.15, 0.2) is 0 Å². The number of aryl methyl sites for hydroxylation is 2. The normalized spacial score (nSPS) is 10.4. The van der Waals surface area contributed by atoms with Gasteiger partial charge in [0.25, 0.3) is 5.69 Å². The Balaban J connectivity index is 2.12. The summed E-state index contributed by atoms with van der Waals surface area (Å²) in [7, 11) is 0. The molecular weight excluding hydrogens is 260 g/mol. The van der Waals surface area contributed by atoms with E-state index in [1.54, 1.807) is 17.8 Å². The quantitative estimate of drug-likeness (QED) is 0.482. The fourth-order valence-electron chi connectivity index (χ4n) is 1.72. The summed E-state index contributed by atoms with van der Waals surface area (Å²) < 4.78 is 0. The van der Waals surface area contributed by atoms with Gasteiger partial charge in [-0.05, 0) is 30.5 Å². The lowest BCUT2D eigenvalue weighted by Crippen LogP contribution is -1.93. The minimum absolute atomic E-state index is 0.0396. The van der Waals surface area contributed by atoms with Crippen molar-refractivity contribution < 1.29 is 4.92 Å². The van der Waals surface area contributed by atoms with Crippen LogP contribution in [0.4, 0.5) is 5.69 Å². The third kappa shape index (κ3) is 3.32. The third-order valence-electron chi connectivity index (χ3n) is 2.85. The second-order valence-electron chi connectivity index (χ2n) is 4.29. The Bertz CT molecular complexity index is 614. The number of hydrogen-bond acceptors (Lipinski definition) is 4. The second-order valence-corrected chi connectivity index (χ2v) is 5.25. The van der Waals surface area contributed by atoms with E-state index >= 15 is 0 Å². The van der Waals surface area contributed by atoms with Crippen LogP contribution in [0.5, 0.6) is 0 Å². The maximum absolute atomic E-state index is 10.6. The fourth-order valence-corrected chi connectivity index (χ4v) is 2.75. The molecule has 0 atom stereocenters. The van der Waals surface area contributed by atoms with Gasteiger partial charge in [-0.3, -0.25) is 10.1 Å². The van der Waals surface area contributed by atoms with Crippen molar-refractivity contribution in [3.63, 3.8) is 0 Å². The maximum atomic E-state index is 10.6. The highest BCUT2D eigenvalue weighted by atomic mass is 32.2. The van der Waals surface area contributed by atoms with E-state index in [9.17, 15) is 10.1 Å². The predicted molar refractivity (Wildman–Crippen MR) is 76.4 cm³/mol. The minimum atomic E-state index is -0.421. The number of aromatic nitrogens is 1.